The van der Waals surface area contributed by atoms with Gasteiger partial charge in [0.1, 0.15) is 11.5 Å². The summed E-state index contributed by atoms with van der Waals surface area (Å²) >= 11 is 0. The highest BCUT2D eigenvalue weighted by Gasteiger charge is 2.36. The van der Waals surface area contributed by atoms with Crippen molar-refractivity contribution >= 4 is 5.91 Å². The van der Waals surface area contributed by atoms with Gasteiger partial charge in [-0.05, 0) is 61.4 Å². The molecule has 2 N–H and O–H groups in total. The molecule has 0 radical (unpaired) electrons. The summed E-state index contributed by atoms with van der Waals surface area (Å²) in [5.41, 5.74) is 4.36. The fourth-order valence-corrected chi connectivity index (χ4v) is 4.26. The molecular formula is C22H24FN5O. The van der Waals surface area contributed by atoms with Crippen LogP contribution in [-0.4, -0.2) is 25.9 Å². The first kappa shape index (κ1) is 18.1. The standard InChI is InChI=1S/C22H24FN5O/c1-22(2)10-19(25-21(29)18-9-17(26-27-18)13-3-4-13)16-12-24-28(20(16)11-22)15-7-5-14(23)6-8-15/h5-9,12-13,19H,3-4,10-11H2,1-2H3,(H,25,29)(H,26,27)/t19-/m0/s1. The van der Waals surface area contributed by atoms with Gasteiger partial charge in [-0.1, -0.05) is 13.8 Å². The second kappa shape index (κ2) is 6.54. The Hall–Kier alpha value is -2.96. The van der Waals surface area contributed by atoms with E-state index >= 15 is 0 Å². The number of halogens is 1. The minimum absolute atomic E-state index is 0.00644. The maximum absolute atomic E-state index is 13.3. The molecule has 2 heterocycles. The fourth-order valence-electron chi connectivity index (χ4n) is 4.26. The Morgan fingerprint density at radius 3 is 2.76 bits per heavy atom. The van der Waals surface area contributed by atoms with Crippen LogP contribution in [0.5, 0.6) is 0 Å². The van der Waals surface area contributed by atoms with E-state index in [1.165, 1.54) is 12.1 Å². The summed E-state index contributed by atoms with van der Waals surface area (Å²) in [7, 11) is 0. The molecule has 29 heavy (non-hydrogen) atoms. The number of hydrogen-bond donors (Lipinski definition) is 2. The highest BCUT2D eigenvalue weighted by atomic mass is 19.1. The molecule has 0 aliphatic heterocycles. The van der Waals surface area contributed by atoms with Crippen molar-refractivity contribution in [1.82, 2.24) is 25.3 Å². The van der Waals surface area contributed by atoms with E-state index in [2.05, 4.69) is 34.5 Å². The number of hydrogen-bond acceptors (Lipinski definition) is 3. The molecule has 3 aromatic rings. The van der Waals surface area contributed by atoms with Crippen LogP contribution in [0.15, 0.2) is 36.5 Å². The van der Waals surface area contributed by atoms with Crippen molar-refractivity contribution in [3.8, 4) is 5.69 Å². The number of nitrogens with one attached hydrogen (secondary N) is 2. The summed E-state index contributed by atoms with van der Waals surface area (Å²) in [6, 6.07) is 8.04. The van der Waals surface area contributed by atoms with E-state index in [4.69, 9.17) is 0 Å². The second-order valence-corrected chi connectivity index (χ2v) is 8.99. The largest absolute Gasteiger partial charge is 0.344 e. The molecule has 1 amide bonds. The summed E-state index contributed by atoms with van der Waals surface area (Å²) in [5, 5.41) is 14.9. The molecule has 1 fully saturated rings. The Kier molecular flexibility index (Phi) is 4.08. The van der Waals surface area contributed by atoms with Crippen molar-refractivity contribution in [2.24, 2.45) is 5.41 Å². The minimum atomic E-state index is -0.273. The highest BCUT2D eigenvalue weighted by Crippen LogP contribution is 2.42. The molecule has 0 bridgehead atoms. The maximum Gasteiger partial charge on any atom is 0.272 e. The first-order valence-electron chi connectivity index (χ1n) is 10.1. The van der Waals surface area contributed by atoms with Crippen LogP contribution in [0, 0.1) is 11.2 Å². The van der Waals surface area contributed by atoms with Crippen LogP contribution in [0.4, 0.5) is 4.39 Å². The number of aromatic nitrogens is 4. The summed E-state index contributed by atoms with van der Waals surface area (Å²) < 4.78 is 15.2. The number of benzene rings is 1. The molecule has 6 nitrogen and oxygen atoms in total. The van der Waals surface area contributed by atoms with Crippen molar-refractivity contribution in [2.45, 2.75) is 51.5 Å². The molecule has 0 spiro atoms. The van der Waals surface area contributed by atoms with Gasteiger partial charge in [-0.15, -0.1) is 0 Å². The zero-order valence-corrected chi connectivity index (χ0v) is 16.6. The van der Waals surface area contributed by atoms with Gasteiger partial charge in [0, 0.05) is 17.2 Å². The molecule has 7 heteroatoms. The van der Waals surface area contributed by atoms with E-state index in [1.807, 2.05) is 16.9 Å². The molecule has 1 aromatic carbocycles. The Balaban J connectivity index is 1.44. The van der Waals surface area contributed by atoms with Gasteiger partial charge in [-0.3, -0.25) is 9.89 Å². The van der Waals surface area contributed by atoms with E-state index in [9.17, 15) is 9.18 Å². The van der Waals surface area contributed by atoms with Gasteiger partial charge < -0.3 is 5.32 Å². The van der Waals surface area contributed by atoms with Crippen molar-refractivity contribution in [2.75, 3.05) is 0 Å². The van der Waals surface area contributed by atoms with Crippen molar-refractivity contribution in [1.29, 1.82) is 0 Å². The number of H-pyrrole nitrogens is 1. The summed E-state index contributed by atoms with van der Waals surface area (Å²) in [4.78, 5) is 12.8. The number of amides is 1. The highest BCUT2D eigenvalue weighted by molar-refractivity contribution is 5.92. The average Bonchev–Trinajstić information content (AvgIpc) is 3.25. The van der Waals surface area contributed by atoms with Gasteiger partial charge in [0.2, 0.25) is 0 Å². The third kappa shape index (κ3) is 3.45. The quantitative estimate of drug-likeness (QED) is 0.702. The third-order valence-electron chi connectivity index (χ3n) is 5.90. The number of rotatable bonds is 4. The maximum atomic E-state index is 13.3. The molecule has 0 saturated heterocycles. The molecule has 1 atom stereocenters. The second-order valence-electron chi connectivity index (χ2n) is 8.99. The normalized spacial score (nSPS) is 20.3. The number of fused-ring (bicyclic) bond motifs is 1. The Morgan fingerprint density at radius 1 is 1.28 bits per heavy atom. The Labute approximate surface area is 168 Å². The van der Waals surface area contributed by atoms with Crippen LogP contribution in [0.3, 0.4) is 0 Å². The first-order chi connectivity index (χ1) is 13.9. The van der Waals surface area contributed by atoms with Gasteiger partial charge >= 0.3 is 0 Å². The van der Waals surface area contributed by atoms with Crippen molar-refractivity contribution in [3.05, 3.63) is 65.0 Å². The molecule has 2 aliphatic carbocycles. The van der Waals surface area contributed by atoms with Gasteiger partial charge in [-0.25, -0.2) is 9.07 Å². The summed E-state index contributed by atoms with van der Waals surface area (Å²) in [6.45, 7) is 4.38. The predicted molar refractivity (Wildman–Crippen MR) is 106 cm³/mol. The number of aromatic amines is 1. The average molecular weight is 393 g/mol. The smallest absolute Gasteiger partial charge is 0.272 e. The summed E-state index contributed by atoms with van der Waals surface area (Å²) in [5.74, 6) is 0.0827. The first-order valence-corrected chi connectivity index (χ1v) is 10.1. The lowest BCUT2D eigenvalue weighted by Crippen LogP contribution is -2.37. The molecule has 2 aromatic heterocycles. The van der Waals surface area contributed by atoms with E-state index < -0.39 is 0 Å². The number of carbonyl (C=O) groups excluding carboxylic acids is 1. The van der Waals surface area contributed by atoms with Gasteiger partial charge in [0.25, 0.3) is 5.91 Å². The monoisotopic (exact) mass is 393 g/mol. The molecule has 5 rings (SSSR count). The number of nitrogens with zero attached hydrogens (tertiary/aromatic N) is 3. The van der Waals surface area contributed by atoms with Gasteiger partial charge in [-0.2, -0.15) is 10.2 Å². The topological polar surface area (TPSA) is 75.6 Å². The van der Waals surface area contributed by atoms with Crippen molar-refractivity contribution in [3.63, 3.8) is 0 Å². The Morgan fingerprint density at radius 2 is 2.03 bits per heavy atom. The molecule has 1 saturated carbocycles. The van der Waals surface area contributed by atoms with Crippen LogP contribution < -0.4 is 5.32 Å². The van der Waals surface area contributed by atoms with Gasteiger partial charge in [0.15, 0.2) is 0 Å². The van der Waals surface area contributed by atoms with E-state index in [-0.39, 0.29) is 23.2 Å². The SMILES string of the molecule is CC1(C)Cc2c(cnn2-c2ccc(F)cc2)[C@@H](NC(=O)c2cc(C3CC3)[nH]n2)C1. The molecule has 150 valence electrons. The molecule has 2 aliphatic rings. The zero-order valence-electron chi connectivity index (χ0n) is 16.6. The third-order valence-corrected chi connectivity index (χ3v) is 5.90. The van der Waals surface area contributed by atoms with Crippen LogP contribution in [0.25, 0.3) is 5.69 Å². The lowest BCUT2D eigenvalue weighted by atomic mass is 9.74. The van der Waals surface area contributed by atoms with Gasteiger partial charge in [0.05, 0.1) is 23.6 Å². The zero-order chi connectivity index (χ0) is 20.2. The number of carbonyl (C=O) groups is 1. The van der Waals surface area contributed by atoms with Crippen LogP contribution in [-0.2, 0) is 6.42 Å². The fraction of sp³-hybridized carbons (Fsp3) is 0.409. The van der Waals surface area contributed by atoms with Crippen LogP contribution in [0.1, 0.15) is 72.5 Å². The van der Waals surface area contributed by atoms with Crippen LogP contribution in [0.2, 0.25) is 0 Å². The molecule has 0 unspecified atom stereocenters. The summed E-state index contributed by atoms with van der Waals surface area (Å²) in [6.07, 6.45) is 5.79. The lowest BCUT2D eigenvalue weighted by Gasteiger charge is -2.35. The van der Waals surface area contributed by atoms with E-state index in [1.54, 1.807) is 12.1 Å². The molecular weight excluding hydrogens is 369 g/mol. The van der Waals surface area contributed by atoms with E-state index in [0.29, 0.717) is 11.6 Å². The predicted octanol–water partition coefficient (Wildman–Crippen LogP) is 4.06. The Bertz CT molecular complexity index is 1060. The van der Waals surface area contributed by atoms with Crippen LogP contribution >= 0.6 is 0 Å². The minimum Gasteiger partial charge on any atom is -0.344 e. The lowest BCUT2D eigenvalue weighted by molar-refractivity contribution is 0.0914. The van der Waals surface area contributed by atoms with Crippen molar-refractivity contribution < 1.29 is 9.18 Å². The van der Waals surface area contributed by atoms with E-state index in [0.717, 1.165) is 48.3 Å².